The Hall–Kier alpha value is -2.55. The zero-order chi connectivity index (χ0) is 40.3. The van der Waals surface area contributed by atoms with Crippen molar-refractivity contribution in [2.24, 2.45) is 5.73 Å². The van der Waals surface area contributed by atoms with E-state index in [0.29, 0.717) is 12.8 Å². The summed E-state index contributed by atoms with van der Waals surface area (Å²) in [6.45, 7) is 3.60. The van der Waals surface area contributed by atoms with Crippen LogP contribution in [0.15, 0.2) is 72.9 Å². The molecule has 9 nitrogen and oxygen atoms in total. The summed E-state index contributed by atoms with van der Waals surface area (Å²) < 4.78 is 32.7. The zero-order valence-electron chi connectivity index (χ0n) is 34.6. The third-order valence-electron chi connectivity index (χ3n) is 8.56. The number of nitrogens with two attached hydrogens (primary N) is 1. The fraction of sp³-hybridized carbons (Fsp3) is 0.689. The van der Waals surface area contributed by atoms with Crippen LogP contribution in [0.3, 0.4) is 0 Å². The summed E-state index contributed by atoms with van der Waals surface area (Å²) in [5.74, 6) is -0.887. The van der Waals surface area contributed by atoms with Gasteiger partial charge < -0.3 is 20.1 Å². The van der Waals surface area contributed by atoms with Crippen molar-refractivity contribution in [3.8, 4) is 0 Å². The average molecular weight is 792 g/mol. The van der Waals surface area contributed by atoms with Gasteiger partial charge in [0.1, 0.15) is 6.61 Å². The van der Waals surface area contributed by atoms with Crippen LogP contribution in [-0.2, 0) is 32.7 Å². The molecule has 55 heavy (non-hydrogen) atoms. The molecule has 0 rings (SSSR count). The van der Waals surface area contributed by atoms with Crippen molar-refractivity contribution in [1.29, 1.82) is 0 Å². The van der Waals surface area contributed by atoms with Gasteiger partial charge in [0.15, 0.2) is 6.10 Å². The largest absolute Gasteiger partial charge is 0.472 e. The van der Waals surface area contributed by atoms with Crippen LogP contribution in [0.5, 0.6) is 0 Å². The van der Waals surface area contributed by atoms with E-state index < -0.39 is 32.5 Å². The van der Waals surface area contributed by atoms with Crippen molar-refractivity contribution in [3.05, 3.63) is 72.9 Å². The third-order valence-corrected chi connectivity index (χ3v) is 9.55. The third kappa shape index (κ3) is 40.9. The Morgan fingerprint density at radius 3 is 1.42 bits per heavy atom. The smallest absolute Gasteiger partial charge is 0.462 e. The van der Waals surface area contributed by atoms with Crippen LogP contribution in [0, 0.1) is 0 Å². The Bertz CT molecular complexity index is 1130. The molecule has 0 amide bonds. The van der Waals surface area contributed by atoms with Crippen LogP contribution < -0.4 is 5.73 Å². The van der Waals surface area contributed by atoms with Crippen LogP contribution in [0.25, 0.3) is 0 Å². The Morgan fingerprint density at radius 1 is 0.545 bits per heavy atom. The zero-order valence-corrected chi connectivity index (χ0v) is 35.5. The van der Waals surface area contributed by atoms with Gasteiger partial charge in [-0.1, -0.05) is 138 Å². The number of phosphoric ester groups is 1. The van der Waals surface area contributed by atoms with Gasteiger partial charge in [-0.2, -0.15) is 0 Å². The van der Waals surface area contributed by atoms with Crippen molar-refractivity contribution >= 4 is 19.8 Å². The molecule has 1 unspecified atom stereocenters. The minimum Gasteiger partial charge on any atom is -0.462 e. The van der Waals surface area contributed by atoms with E-state index in [-0.39, 0.29) is 32.6 Å². The molecule has 0 aliphatic rings. The van der Waals surface area contributed by atoms with E-state index >= 15 is 0 Å². The van der Waals surface area contributed by atoms with E-state index in [1.807, 2.05) is 0 Å². The highest BCUT2D eigenvalue weighted by Gasteiger charge is 2.25. The van der Waals surface area contributed by atoms with Crippen LogP contribution >= 0.6 is 7.82 Å². The van der Waals surface area contributed by atoms with Crippen molar-refractivity contribution in [3.63, 3.8) is 0 Å². The van der Waals surface area contributed by atoms with Gasteiger partial charge in [0.05, 0.1) is 13.2 Å². The maximum atomic E-state index is 12.6. The second kappa shape index (κ2) is 41.1. The van der Waals surface area contributed by atoms with E-state index in [1.54, 1.807) is 0 Å². The Kier molecular flexibility index (Phi) is 39.2. The number of phosphoric acid groups is 1. The minimum atomic E-state index is -4.39. The number of esters is 2. The van der Waals surface area contributed by atoms with E-state index in [2.05, 4.69) is 86.8 Å². The molecule has 0 spiro atoms. The van der Waals surface area contributed by atoms with Crippen LogP contribution in [0.2, 0.25) is 0 Å². The fourth-order valence-corrected chi connectivity index (χ4v) is 6.12. The van der Waals surface area contributed by atoms with Gasteiger partial charge in [0.25, 0.3) is 0 Å². The molecule has 0 bridgehead atoms. The average Bonchev–Trinajstić information content (AvgIpc) is 3.17. The molecule has 0 aliphatic heterocycles. The summed E-state index contributed by atoms with van der Waals surface area (Å²) in [5, 5.41) is 0. The summed E-state index contributed by atoms with van der Waals surface area (Å²) in [4.78, 5) is 34.8. The van der Waals surface area contributed by atoms with Crippen molar-refractivity contribution in [2.75, 3.05) is 26.4 Å². The predicted molar refractivity (Wildman–Crippen MR) is 229 cm³/mol. The molecule has 0 radical (unpaired) electrons. The van der Waals surface area contributed by atoms with Gasteiger partial charge in [0, 0.05) is 19.4 Å². The molecule has 10 heteroatoms. The quantitative estimate of drug-likeness (QED) is 0.0270. The maximum Gasteiger partial charge on any atom is 0.472 e. The monoisotopic (exact) mass is 792 g/mol. The van der Waals surface area contributed by atoms with Crippen LogP contribution in [-0.4, -0.2) is 49.3 Å². The second-order valence-electron chi connectivity index (χ2n) is 13.8. The lowest BCUT2D eigenvalue weighted by Crippen LogP contribution is -2.29. The van der Waals surface area contributed by atoms with E-state index in [1.165, 1.54) is 51.4 Å². The Morgan fingerprint density at radius 2 is 0.945 bits per heavy atom. The van der Waals surface area contributed by atoms with E-state index in [4.69, 9.17) is 24.3 Å². The minimum absolute atomic E-state index is 0.0427. The Balaban J connectivity index is 4.26. The number of rotatable bonds is 39. The van der Waals surface area contributed by atoms with Crippen molar-refractivity contribution < 1.29 is 37.6 Å². The number of carbonyl (C=O) groups excluding carboxylic acids is 2. The summed E-state index contributed by atoms with van der Waals surface area (Å²) in [7, 11) is -4.39. The fourth-order valence-electron chi connectivity index (χ4n) is 5.35. The highest BCUT2D eigenvalue weighted by Crippen LogP contribution is 2.43. The van der Waals surface area contributed by atoms with Crippen molar-refractivity contribution in [2.45, 2.75) is 174 Å². The normalized spacial score (nSPS) is 14.0. The molecular formula is C45H78NO8P. The number of hydrogen-bond donors (Lipinski definition) is 2. The van der Waals surface area contributed by atoms with Gasteiger partial charge in [-0.3, -0.25) is 18.6 Å². The molecule has 2 atom stereocenters. The summed E-state index contributed by atoms with van der Waals surface area (Å²) in [6.07, 6.45) is 49.3. The lowest BCUT2D eigenvalue weighted by atomic mass is 10.1. The number of ether oxygens (including phenoxy) is 2. The molecule has 0 saturated heterocycles. The number of unbranched alkanes of at least 4 members (excludes halogenated alkanes) is 14. The Labute approximate surface area is 335 Å². The topological polar surface area (TPSA) is 134 Å². The second-order valence-corrected chi connectivity index (χ2v) is 15.3. The van der Waals surface area contributed by atoms with Crippen LogP contribution in [0.1, 0.15) is 168 Å². The molecule has 0 aromatic carbocycles. The molecular weight excluding hydrogens is 713 g/mol. The first-order chi connectivity index (χ1) is 26.8. The summed E-state index contributed by atoms with van der Waals surface area (Å²) in [5.41, 5.74) is 5.34. The number of carbonyl (C=O) groups is 2. The lowest BCUT2D eigenvalue weighted by Gasteiger charge is -2.19. The molecule has 0 saturated carbocycles. The standard InChI is InChI=1S/C45H78NO8P/c1-3-5-7-9-11-13-15-17-19-20-21-22-24-25-27-29-31-33-35-37-44(47)51-41-43(42-53-55(49,50)52-40-39-46)54-45(48)38-36-34-32-30-28-26-23-18-16-14-12-10-8-6-4-2/h11-14,17-19,21-23,25,27,43H,3-10,15-16,20,24,26,28-42,46H2,1-2H3,(H,49,50)/b13-11-,14-12-,19-17-,22-21-,23-18-,27-25-/t43-/m1/s1. The molecule has 0 fully saturated rings. The molecule has 0 aliphatic carbocycles. The summed E-state index contributed by atoms with van der Waals surface area (Å²) in [6, 6.07) is 0. The molecule has 0 aromatic heterocycles. The molecule has 0 heterocycles. The molecule has 0 aromatic rings. The first-order valence-electron chi connectivity index (χ1n) is 21.4. The highest BCUT2D eigenvalue weighted by atomic mass is 31.2. The highest BCUT2D eigenvalue weighted by molar-refractivity contribution is 7.47. The predicted octanol–water partition coefficient (Wildman–Crippen LogP) is 12.3. The molecule has 316 valence electrons. The first-order valence-corrected chi connectivity index (χ1v) is 22.9. The van der Waals surface area contributed by atoms with Gasteiger partial charge in [0.2, 0.25) is 0 Å². The lowest BCUT2D eigenvalue weighted by molar-refractivity contribution is -0.161. The van der Waals surface area contributed by atoms with Gasteiger partial charge in [-0.25, -0.2) is 4.57 Å². The first kappa shape index (κ1) is 52.5. The maximum absolute atomic E-state index is 12.6. The van der Waals surface area contributed by atoms with Gasteiger partial charge >= 0.3 is 19.8 Å². The van der Waals surface area contributed by atoms with E-state index in [9.17, 15) is 19.0 Å². The molecule has 3 N–H and O–H groups in total. The summed E-state index contributed by atoms with van der Waals surface area (Å²) >= 11 is 0. The number of allylic oxidation sites excluding steroid dienone is 12. The SMILES string of the molecule is CCCCC/C=C\C/C=C\C/C=C\C/C=C\CCCCCC(=O)OC[C@H](COP(=O)(O)OCCN)OC(=O)CCCCCCC/C=C\C/C=C\CCCCC. The number of hydrogen-bond acceptors (Lipinski definition) is 8. The van der Waals surface area contributed by atoms with Crippen molar-refractivity contribution in [1.82, 2.24) is 0 Å². The van der Waals surface area contributed by atoms with Crippen LogP contribution in [0.4, 0.5) is 0 Å². The van der Waals surface area contributed by atoms with E-state index in [0.717, 1.165) is 77.0 Å². The van der Waals surface area contributed by atoms with Gasteiger partial charge in [-0.15, -0.1) is 0 Å². The van der Waals surface area contributed by atoms with Gasteiger partial charge in [-0.05, 0) is 89.9 Å².